The molecule has 1 saturated heterocycles. The maximum Gasteiger partial charge on any atom is 0.408 e. The third kappa shape index (κ3) is 4.37. The van der Waals surface area contributed by atoms with Crippen LogP contribution in [0.4, 0.5) is 4.79 Å². The summed E-state index contributed by atoms with van der Waals surface area (Å²) in [5.74, 6) is -1.56. The molecule has 1 heterocycles. The normalized spacial score (nSPS) is 22.2. The average molecular weight is 465 g/mol. The number of benzene rings is 2. The van der Waals surface area contributed by atoms with E-state index in [0.29, 0.717) is 32.5 Å². The molecule has 8 heteroatoms. The maximum absolute atomic E-state index is 13.0. The topological polar surface area (TPSA) is 114 Å². The zero-order chi connectivity index (χ0) is 23.7. The van der Waals surface area contributed by atoms with Gasteiger partial charge in [-0.1, -0.05) is 48.5 Å². The van der Waals surface area contributed by atoms with Gasteiger partial charge in [0.15, 0.2) is 0 Å². The first kappa shape index (κ1) is 22.4. The summed E-state index contributed by atoms with van der Waals surface area (Å²) in [7, 11) is 0. The van der Waals surface area contributed by atoms with E-state index in [1.807, 2.05) is 24.3 Å². The summed E-state index contributed by atoms with van der Waals surface area (Å²) in [5.41, 5.74) is 3.56. The predicted molar refractivity (Wildman–Crippen MR) is 123 cm³/mol. The van der Waals surface area contributed by atoms with Crippen molar-refractivity contribution in [1.29, 1.82) is 0 Å². The minimum Gasteiger partial charge on any atom is -0.481 e. The summed E-state index contributed by atoms with van der Waals surface area (Å²) in [5, 5.41) is 14.9. The number of carboxylic acids is 1. The van der Waals surface area contributed by atoms with Crippen LogP contribution in [0.1, 0.15) is 42.7 Å². The molecule has 2 unspecified atom stereocenters. The number of aliphatic carboxylic acids is 1. The Balaban J connectivity index is 1.20. The Morgan fingerprint density at radius 2 is 1.68 bits per heavy atom. The van der Waals surface area contributed by atoms with Gasteiger partial charge in [0, 0.05) is 24.5 Å². The molecule has 5 rings (SSSR count). The van der Waals surface area contributed by atoms with Crippen LogP contribution in [0.5, 0.6) is 0 Å². The molecular formula is C26H28N2O6. The van der Waals surface area contributed by atoms with Crippen LogP contribution in [0.15, 0.2) is 48.5 Å². The van der Waals surface area contributed by atoms with Crippen LogP contribution in [0, 0.1) is 5.92 Å². The Bertz CT molecular complexity index is 1070. The molecule has 1 aliphatic heterocycles. The monoisotopic (exact) mass is 464 g/mol. The number of rotatable bonds is 7. The van der Waals surface area contributed by atoms with Crippen LogP contribution >= 0.6 is 0 Å². The van der Waals surface area contributed by atoms with Crippen LogP contribution < -0.4 is 10.6 Å². The number of hydrogen-bond acceptors (Lipinski definition) is 5. The zero-order valence-electron chi connectivity index (χ0n) is 18.8. The maximum atomic E-state index is 13.0. The predicted octanol–water partition coefficient (Wildman–Crippen LogP) is 3.05. The standard InChI is InChI=1S/C26H28N2O6/c29-23(30)13-16-14-33-12-9-22(16)27-24(31)26(10-11-26)28-25(32)34-15-21-19-7-3-1-5-17(19)18-6-2-4-8-20(18)21/h1-8,16,21-22H,9-15H2,(H,27,31)(H,28,32)(H,29,30). The highest BCUT2D eigenvalue weighted by molar-refractivity contribution is 5.93. The van der Waals surface area contributed by atoms with Gasteiger partial charge < -0.3 is 25.2 Å². The third-order valence-corrected chi connectivity index (χ3v) is 7.10. The molecule has 2 aromatic rings. The van der Waals surface area contributed by atoms with Crippen LogP contribution in [0.3, 0.4) is 0 Å². The molecule has 178 valence electrons. The molecule has 2 aromatic carbocycles. The van der Waals surface area contributed by atoms with Gasteiger partial charge in [-0.3, -0.25) is 9.59 Å². The van der Waals surface area contributed by atoms with E-state index in [1.165, 1.54) is 0 Å². The van der Waals surface area contributed by atoms with E-state index in [9.17, 15) is 14.4 Å². The van der Waals surface area contributed by atoms with Crippen LogP contribution in [0.2, 0.25) is 0 Å². The molecule has 0 radical (unpaired) electrons. The summed E-state index contributed by atoms with van der Waals surface area (Å²) in [4.78, 5) is 36.8. The number of amides is 2. The molecule has 8 nitrogen and oxygen atoms in total. The lowest BCUT2D eigenvalue weighted by molar-refractivity contribution is -0.140. The number of nitrogens with one attached hydrogen (secondary N) is 2. The fraction of sp³-hybridized carbons (Fsp3) is 0.423. The quantitative estimate of drug-likeness (QED) is 0.580. The minimum absolute atomic E-state index is 0.0545. The third-order valence-electron chi connectivity index (χ3n) is 7.10. The summed E-state index contributed by atoms with van der Waals surface area (Å²) >= 11 is 0. The van der Waals surface area contributed by atoms with Crippen LogP contribution in [-0.2, 0) is 19.1 Å². The first-order chi connectivity index (χ1) is 16.5. The number of carbonyl (C=O) groups excluding carboxylic acids is 2. The minimum atomic E-state index is -0.991. The van der Waals surface area contributed by atoms with E-state index < -0.39 is 17.6 Å². The molecule has 3 N–H and O–H groups in total. The Kier molecular flexibility index (Phi) is 6.00. The van der Waals surface area contributed by atoms with E-state index in [2.05, 4.69) is 34.9 Å². The Hall–Kier alpha value is -3.39. The number of alkyl carbamates (subject to hydrolysis) is 1. The van der Waals surface area contributed by atoms with E-state index >= 15 is 0 Å². The van der Waals surface area contributed by atoms with Crippen molar-refractivity contribution in [1.82, 2.24) is 10.6 Å². The Labute approximate surface area is 197 Å². The van der Waals surface area contributed by atoms with Crippen LogP contribution in [0.25, 0.3) is 11.1 Å². The molecule has 3 aliphatic rings. The number of ether oxygens (including phenoxy) is 2. The lowest BCUT2D eigenvalue weighted by Crippen LogP contribution is -2.55. The molecule has 0 aromatic heterocycles. The van der Waals surface area contributed by atoms with Crippen molar-refractivity contribution in [3.05, 3.63) is 59.7 Å². The lowest BCUT2D eigenvalue weighted by Gasteiger charge is -2.32. The van der Waals surface area contributed by atoms with Crippen molar-refractivity contribution in [2.45, 2.75) is 43.2 Å². The van der Waals surface area contributed by atoms with Crippen molar-refractivity contribution in [3.8, 4) is 11.1 Å². The van der Waals surface area contributed by atoms with E-state index in [1.54, 1.807) is 0 Å². The van der Waals surface area contributed by atoms with Gasteiger partial charge >= 0.3 is 12.1 Å². The second-order valence-electron chi connectivity index (χ2n) is 9.33. The Morgan fingerprint density at radius 3 is 2.29 bits per heavy atom. The molecular weight excluding hydrogens is 436 g/mol. The van der Waals surface area contributed by atoms with Crippen LogP contribution in [-0.4, -0.2) is 54.5 Å². The van der Waals surface area contributed by atoms with Gasteiger partial charge in [0.1, 0.15) is 12.1 Å². The Morgan fingerprint density at radius 1 is 1.03 bits per heavy atom. The fourth-order valence-corrected chi connectivity index (χ4v) is 5.08. The van der Waals surface area contributed by atoms with Crippen molar-refractivity contribution < 1.29 is 29.0 Å². The van der Waals surface area contributed by atoms with Crippen molar-refractivity contribution in [3.63, 3.8) is 0 Å². The van der Waals surface area contributed by atoms with Crippen molar-refractivity contribution in [2.75, 3.05) is 19.8 Å². The first-order valence-electron chi connectivity index (χ1n) is 11.7. The molecule has 1 saturated carbocycles. The van der Waals surface area contributed by atoms with Crippen molar-refractivity contribution >= 4 is 18.0 Å². The largest absolute Gasteiger partial charge is 0.481 e. The molecule has 2 fully saturated rings. The van der Waals surface area contributed by atoms with E-state index in [-0.39, 0.29) is 36.8 Å². The number of fused-ring (bicyclic) bond motifs is 3. The van der Waals surface area contributed by atoms with Crippen molar-refractivity contribution in [2.24, 2.45) is 5.92 Å². The molecule has 2 amide bonds. The van der Waals surface area contributed by atoms with Gasteiger partial charge in [0.2, 0.25) is 5.91 Å². The van der Waals surface area contributed by atoms with Gasteiger partial charge in [-0.15, -0.1) is 0 Å². The summed E-state index contributed by atoms with van der Waals surface area (Å²) in [6.45, 7) is 0.941. The number of carboxylic acid groups (broad SMARTS) is 1. The zero-order valence-corrected chi connectivity index (χ0v) is 18.8. The van der Waals surface area contributed by atoms with E-state index in [4.69, 9.17) is 14.6 Å². The highest BCUT2D eigenvalue weighted by atomic mass is 16.5. The highest BCUT2D eigenvalue weighted by Gasteiger charge is 2.52. The summed E-state index contributed by atoms with van der Waals surface area (Å²) in [6.07, 6.45) is 0.900. The average Bonchev–Trinajstić information content (AvgIpc) is 3.54. The van der Waals surface area contributed by atoms with E-state index in [0.717, 1.165) is 22.3 Å². The SMILES string of the molecule is O=C(O)CC1COCCC1NC(=O)C1(NC(=O)OCC2c3ccccc3-c3ccccc32)CC1. The second-order valence-corrected chi connectivity index (χ2v) is 9.33. The molecule has 34 heavy (non-hydrogen) atoms. The number of carbonyl (C=O) groups is 3. The fourth-order valence-electron chi connectivity index (χ4n) is 5.08. The second kappa shape index (κ2) is 9.10. The number of hydrogen-bond donors (Lipinski definition) is 3. The molecule has 2 atom stereocenters. The van der Waals surface area contributed by atoms with Gasteiger partial charge in [-0.05, 0) is 41.5 Å². The molecule has 0 bridgehead atoms. The first-order valence-corrected chi connectivity index (χ1v) is 11.7. The molecule has 2 aliphatic carbocycles. The lowest BCUT2D eigenvalue weighted by atomic mass is 9.92. The van der Waals surface area contributed by atoms with Gasteiger partial charge in [0.25, 0.3) is 0 Å². The summed E-state index contributed by atoms with van der Waals surface area (Å²) < 4.78 is 11.0. The van der Waals surface area contributed by atoms with Gasteiger partial charge in [0.05, 0.1) is 13.0 Å². The highest BCUT2D eigenvalue weighted by Crippen LogP contribution is 2.44. The van der Waals surface area contributed by atoms with Gasteiger partial charge in [-0.25, -0.2) is 4.79 Å². The molecule has 0 spiro atoms. The summed E-state index contributed by atoms with van der Waals surface area (Å²) in [6, 6.07) is 15.9. The smallest absolute Gasteiger partial charge is 0.408 e. The van der Waals surface area contributed by atoms with Gasteiger partial charge in [-0.2, -0.15) is 0 Å².